The van der Waals surface area contributed by atoms with E-state index in [2.05, 4.69) is 38.9 Å². The second-order valence-electron chi connectivity index (χ2n) is 14.0. The first-order valence-electron chi connectivity index (χ1n) is 16.3. The Morgan fingerprint density at radius 1 is 1.15 bits per heavy atom. The zero-order valence-electron chi connectivity index (χ0n) is 26.3. The molecule has 2 aromatic heterocycles. The summed E-state index contributed by atoms with van der Waals surface area (Å²) in [5.74, 6) is -3.41. The zero-order chi connectivity index (χ0) is 32.6. The summed E-state index contributed by atoms with van der Waals surface area (Å²) in [6.45, 7) is 8.38. The van der Waals surface area contributed by atoms with Crippen molar-refractivity contribution in [2.24, 2.45) is 17.1 Å². The number of fused-ring (bicyclic) bond motifs is 4. The van der Waals surface area contributed by atoms with Gasteiger partial charge in [-0.1, -0.05) is 11.8 Å². The van der Waals surface area contributed by atoms with Crippen molar-refractivity contribution >= 4 is 34.1 Å². The number of anilines is 1. The van der Waals surface area contributed by atoms with Gasteiger partial charge in [-0.05, 0) is 51.2 Å². The molecule has 1 saturated carbocycles. The molecule has 8 rings (SSSR count). The number of aromatic nitrogens is 3. The van der Waals surface area contributed by atoms with Crippen molar-refractivity contribution in [1.29, 1.82) is 5.26 Å². The number of nitriles is 1. The summed E-state index contributed by atoms with van der Waals surface area (Å²) < 4.78 is 58.6. The molecule has 4 unspecified atom stereocenters. The molecule has 0 aromatic carbocycles. The molecule has 10 nitrogen and oxygen atoms in total. The molecule has 0 spiro atoms. The van der Waals surface area contributed by atoms with E-state index in [4.69, 9.17) is 20.2 Å². The number of allylic oxidation sites excluding steroid dienone is 4. The van der Waals surface area contributed by atoms with E-state index in [-0.39, 0.29) is 38.8 Å². The first kappa shape index (κ1) is 30.9. The van der Waals surface area contributed by atoms with Gasteiger partial charge >= 0.3 is 6.01 Å². The van der Waals surface area contributed by atoms with Gasteiger partial charge in [0.1, 0.15) is 22.9 Å². The predicted molar refractivity (Wildman–Crippen MR) is 172 cm³/mol. The average molecular weight is 667 g/mol. The highest BCUT2D eigenvalue weighted by Crippen LogP contribution is 2.53. The summed E-state index contributed by atoms with van der Waals surface area (Å²) in [5, 5.41) is 12.8. The van der Waals surface area contributed by atoms with E-state index >= 15 is 4.39 Å². The van der Waals surface area contributed by atoms with Crippen LogP contribution in [0.3, 0.4) is 0 Å². The Hall–Kier alpha value is -3.38. The number of hydrogen-bond donors (Lipinski definition) is 2. The molecule has 3 N–H and O–H groups in total. The van der Waals surface area contributed by atoms with Crippen LogP contribution in [0.2, 0.25) is 0 Å². The maximum Gasteiger partial charge on any atom is 0.319 e. The molecular formula is C33H37F3N8O2S. The van der Waals surface area contributed by atoms with Crippen LogP contribution < -0.4 is 20.7 Å². The third-order valence-electron chi connectivity index (χ3n) is 10.6. The molecule has 47 heavy (non-hydrogen) atoms. The number of nitrogens with zero attached hydrogens (tertiary/aromatic N) is 6. The molecule has 14 heteroatoms. The van der Waals surface area contributed by atoms with E-state index in [0.717, 1.165) is 50.1 Å². The number of thioether (sulfide) groups is 1. The normalized spacial score (nSPS) is 31.7. The maximum atomic E-state index is 16.8. The Bertz CT molecular complexity index is 1750. The fraction of sp³-hybridized carbons (Fsp3) is 0.576. The van der Waals surface area contributed by atoms with Crippen molar-refractivity contribution in [3.05, 3.63) is 46.0 Å². The highest BCUT2D eigenvalue weighted by molar-refractivity contribution is 8.04. The van der Waals surface area contributed by atoms with E-state index in [1.165, 1.54) is 6.20 Å². The molecule has 4 aliphatic heterocycles. The summed E-state index contributed by atoms with van der Waals surface area (Å²) in [4.78, 5) is 18.5. The Kier molecular flexibility index (Phi) is 7.66. The Balaban J connectivity index is 1.17. The van der Waals surface area contributed by atoms with Crippen LogP contribution in [0.5, 0.6) is 6.01 Å². The number of hydrogen-bond acceptors (Lipinski definition) is 11. The molecule has 6 heterocycles. The molecular weight excluding hydrogens is 629 g/mol. The quantitative estimate of drug-likeness (QED) is 0.438. The van der Waals surface area contributed by atoms with Gasteiger partial charge in [0.15, 0.2) is 11.6 Å². The zero-order valence-corrected chi connectivity index (χ0v) is 27.1. The van der Waals surface area contributed by atoms with Gasteiger partial charge in [-0.2, -0.15) is 15.2 Å². The predicted octanol–water partition coefficient (Wildman–Crippen LogP) is 4.35. The molecule has 0 amide bonds. The fourth-order valence-electron chi connectivity index (χ4n) is 7.84. The van der Waals surface area contributed by atoms with Crippen molar-refractivity contribution in [2.45, 2.75) is 68.9 Å². The molecule has 6 atom stereocenters. The van der Waals surface area contributed by atoms with Crippen molar-refractivity contribution in [3.8, 4) is 12.1 Å². The molecule has 2 bridgehead atoms. The number of nitrogens with one attached hydrogen (secondary N) is 1. The van der Waals surface area contributed by atoms with E-state index in [9.17, 15) is 14.0 Å². The highest BCUT2D eigenvalue weighted by Gasteiger charge is 2.48. The van der Waals surface area contributed by atoms with E-state index < -0.39 is 28.6 Å². The molecule has 4 fully saturated rings. The number of morpholine rings is 1. The second-order valence-corrected chi connectivity index (χ2v) is 15.1. The number of nitrogens with two attached hydrogens (primary N) is 1. The van der Waals surface area contributed by atoms with Crippen LogP contribution in [0, 0.1) is 28.5 Å². The van der Waals surface area contributed by atoms with Crippen LogP contribution in [-0.2, 0) is 4.74 Å². The fourth-order valence-corrected chi connectivity index (χ4v) is 9.04. The minimum absolute atomic E-state index is 0.0184. The first-order valence-corrected chi connectivity index (χ1v) is 17.2. The summed E-state index contributed by atoms with van der Waals surface area (Å²) in [6.07, 6.45) is 6.53. The summed E-state index contributed by atoms with van der Waals surface area (Å²) in [6, 6.07) is 3.27. The number of piperazine rings is 1. The molecule has 6 aliphatic rings. The second kappa shape index (κ2) is 11.6. The van der Waals surface area contributed by atoms with Crippen LogP contribution >= 0.6 is 11.8 Å². The van der Waals surface area contributed by atoms with E-state index in [1.807, 2.05) is 6.07 Å². The minimum Gasteiger partial charge on any atom is -0.463 e. The average Bonchev–Trinajstić information content (AvgIpc) is 3.63. The summed E-state index contributed by atoms with van der Waals surface area (Å²) >= 11 is 0.861. The van der Waals surface area contributed by atoms with Gasteiger partial charge in [0.2, 0.25) is 0 Å². The number of rotatable bonds is 7. The van der Waals surface area contributed by atoms with E-state index in [0.29, 0.717) is 68.3 Å². The lowest BCUT2D eigenvalue weighted by Gasteiger charge is -2.40. The minimum atomic E-state index is -1.13. The molecule has 248 valence electrons. The lowest BCUT2D eigenvalue weighted by molar-refractivity contribution is -0.0483. The maximum absolute atomic E-state index is 16.8. The largest absolute Gasteiger partial charge is 0.463 e. The van der Waals surface area contributed by atoms with Crippen molar-refractivity contribution < 1.29 is 22.6 Å². The van der Waals surface area contributed by atoms with E-state index in [1.54, 1.807) is 0 Å². The van der Waals surface area contributed by atoms with Crippen LogP contribution in [-0.4, -0.2) is 88.7 Å². The lowest BCUT2D eigenvalue weighted by Crippen LogP contribution is -2.52. The summed E-state index contributed by atoms with van der Waals surface area (Å²) in [5.41, 5.74) is 5.87. The first-order chi connectivity index (χ1) is 22.6. The van der Waals surface area contributed by atoms with Crippen LogP contribution in [0.15, 0.2) is 34.5 Å². The van der Waals surface area contributed by atoms with Gasteiger partial charge in [0.25, 0.3) is 0 Å². The Morgan fingerprint density at radius 2 is 1.87 bits per heavy atom. The molecule has 3 saturated heterocycles. The summed E-state index contributed by atoms with van der Waals surface area (Å²) in [7, 11) is 0. The van der Waals surface area contributed by atoms with Gasteiger partial charge in [-0.25, -0.2) is 13.2 Å². The van der Waals surface area contributed by atoms with Gasteiger partial charge < -0.3 is 25.4 Å². The van der Waals surface area contributed by atoms with Gasteiger partial charge in [0, 0.05) is 61.3 Å². The topological polar surface area (TPSA) is 125 Å². The standard InChI is InChI=1S/C33H37F3N8O2S/c1-16-12-45-13-17(2)44(16)14-33(5-6-33)15-46-32-41-28-22(31(42-32)43-10-18-3-4-19(11-43)40-18)9-39-27(26(28)36)20-7-23(34)25(35)29-24(20)21(8-37)30(38)47-29/h7,9,16-19,24,29,40H,3-6,10-15,38H2,1-2H3/t16-,17-,18?,19?,24?,29?/m0/s1. The highest BCUT2D eigenvalue weighted by atomic mass is 32.2. The van der Waals surface area contributed by atoms with Crippen molar-refractivity contribution in [1.82, 2.24) is 25.2 Å². The number of pyridine rings is 1. The lowest BCUT2D eigenvalue weighted by atomic mass is 9.82. The molecule has 0 radical (unpaired) electrons. The van der Waals surface area contributed by atoms with Gasteiger partial charge in [-0.15, -0.1) is 0 Å². The monoisotopic (exact) mass is 666 g/mol. The Morgan fingerprint density at radius 3 is 2.55 bits per heavy atom. The smallest absolute Gasteiger partial charge is 0.319 e. The molecule has 2 aromatic rings. The third kappa shape index (κ3) is 5.35. The third-order valence-corrected chi connectivity index (χ3v) is 11.8. The van der Waals surface area contributed by atoms with Crippen molar-refractivity contribution in [2.75, 3.05) is 44.4 Å². The SMILES string of the molecule is C[C@H]1COC[C@H](C)N1CC1(COc2nc(N3CC4CCC(C3)N4)c3cnc(C4=CC(F)=C(F)C5SC(N)=C(C#N)C45)c(F)c3n2)CC1. The molecule has 2 aliphatic carbocycles. The van der Waals surface area contributed by atoms with Gasteiger partial charge in [0.05, 0.1) is 47.1 Å². The van der Waals surface area contributed by atoms with Gasteiger partial charge in [-0.3, -0.25) is 9.88 Å². The Labute approximate surface area is 275 Å². The van der Waals surface area contributed by atoms with Crippen LogP contribution in [0.1, 0.15) is 45.2 Å². The number of halogens is 3. The number of ether oxygens (including phenoxy) is 2. The van der Waals surface area contributed by atoms with Crippen LogP contribution in [0.4, 0.5) is 19.0 Å². The van der Waals surface area contributed by atoms with Crippen molar-refractivity contribution in [3.63, 3.8) is 0 Å². The van der Waals surface area contributed by atoms with Crippen LogP contribution in [0.25, 0.3) is 16.5 Å².